The maximum atomic E-state index is 5.62. The largest absolute Gasteiger partial charge is 0.458 e. The summed E-state index contributed by atoms with van der Waals surface area (Å²) in [5.74, 6) is 0.398. The van der Waals surface area contributed by atoms with Gasteiger partial charge in [-0.15, -0.1) is 0 Å². The van der Waals surface area contributed by atoms with E-state index in [9.17, 15) is 0 Å². The Morgan fingerprint density at radius 2 is 2.40 bits per heavy atom. The van der Waals surface area contributed by atoms with Crippen molar-refractivity contribution in [1.29, 1.82) is 0 Å². The first-order valence-electron chi connectivity index (χ1n) is 5.33. The molecule has 1 aromatic heterocycles. The van der Waals surface area contributed by atoms with Gasteiger partial charge in [-0.05, 0) is 12.0 Å². The van der Waals surface area contributed by atoms with E-state index >= 15 is 0 Å². The summed E-state index contributed by atoms with van der Waals surface area (Å²) in [4.78, 5) is 8.44. The van der Waals surface area contributed by atoms with Gasteiger partial charge in [-0.25, -0.2) is 4.98 Å². The summed E-state index contributed by atoms with van der Waals surface area (Å²) < 4.78 is 10.8. The Morgan fingerprint density at radius 1 is 1.53 bits per heavy atom. The van der Waals surface area contributed by atoms with Crippen LogP contribution in [0.15, 0.2) is 12.3 Å². The summed E-state index contributed by atoms with van der Waals surface area (Å²) in [5.41, 5.74) is 1.01. The molecule has 1 unspecified atom stereocenters. The molecule has 0 N–H and O–H groups in total. The zero-order valence-corrected chi connectivity index (χ0v) is 9.14. The van der Waals surface area contributed by atoms with Gasteiger partial charge in [-0.1, -0.05) is 13.8 Å². The predicted molar refractivity (Wildman–Crippen MR) is 56.0 cm³/mol. The van der Waals surface area contributed by atoms with Gasteiger partial charge in [0.05, 0.1) is 18.9 Å². The van der Waals surface area contributed by atoms with Crippen LogP contribution in [0.25, 0.3) is 0 Å². The van der Waals surface area contributed by atoms with Crippen LogP contribution in [0, 0.1) is 0 Å². The molecule has 4 heteroatoms. The summed E-state index contributed by atoms with van der Waals surface area (Å²) >= 11 is 0. The molecule has 0 spiro atoms. The monoisotopic (exact) mass is 208 g/mol. The van der Waals surface area contributed by atoms with E-state index in [1.807, 2.05) is 6.07 Å². The third-order valence-electron chi connectivity index (χ3n) is 2.41. The summed E-state index contributed by atoms with van der Waals surface area (Å²) in [7, 11) is 0. The molecule has 1 aromatic rings. The van der Waals surface area contributed by atoms with Crippen molar-refractivity contribution in [2.45, 2.75) is 32.3 Å². The molecular weight excluding hydrogens is 192 g/mol. The molecule has 0 aromatic carbocycles. The van der Waals surface area contributed by atoms with Crippen molar-refractivity contribution in [2.75, 3.05) is 13.2 Å². The molecule has 0 amide bonds. The van der Waals surface area contributed by atoms with Crippen molar-refractivity contribution >= 4 is 0 Å². The lowest BCUT2D eigenvalue weighted by Gasteiger charge is -2.11. The van der Waals surface area contributed by atoms with Crippen LogP contribution < -0.4 is 4.74 Å². The van der Waals surface area contributed by atoms with E-state index in [1.54, 1.807) is 6.20 Å². The fourth-order valence-corrected chi connectivity index (χ4v) is 1.49. The molecule has 0 radical (unpaired) electrons. The van der Waals surface area contributed by atoms with Gasteiger partial charge in [-0.3, -0.25) is 0 Å². The second-order valence-electron chi connectivity index (χ2n) is 4.02. The van der Waals surface area contributed by atoms with E-state index in [2.05, 4.69) is 23.8 Å². The first-order valence-corrected chi connectivity index (χ1v) is 5.33. The fourth-order valence-electron chi connectivity index (χ4n) is 1.49. The average Bonchev–Trinajstić information content (AvgIpc) is 2.71. The fraction of sp³-hybridized carbons (Fsp3) is 0.636. The summed E-state index contributed by atoms with van der Waals surface area (Å²) in [6.07, 6.45) is 2.79. The minimum atomic E-state index is 0.118. The van der Waals surface area contributed by atoms with Crippen molar-refractivity contribution in [1.82, 2.24) is 9.97 Å². The second kappa shape index (κ2) is 4.57. The highest BCUT2D eigenvalue weighted by Crippen LogP contribution is 2.16. The van der Waals surface area contributed by atoms with Crippen LogP contribution in [-0.2, 0) is 4.74 Å². The number of nitrogens with zero attached hydrogens (tertiary/aromatic N) is 2. The normalized spacial score (nSPS) is 20.9. The standard InChI is InChI=1S/C11H16N2O2/c1-8(2)10-3-5-12-11(13-10)15-9-4-6-14-7-9/h3,5,8-9H,4,6-7H2,1-2H3. The molecule has 1 saturated heterocycles. The molecule has 1 atom stereocenters. The quantitative estimate of drug-likeness (QED) is 0.759. The number of hydrogen-bond donors (Lipinski definition) is 0. The molecule has 2 rings (SSSR count). The highest BCUT2D eigenvalue weighted by atomic mass is 16.6. The third-order valence-corrected chi connectivity index (χ3v) is 2.41. The molecule has 1 aliphatic heterocycles. The molecule has 0 saturated carbocycles. The molecule has 0 bridgehead atoms. The Hall–Kier alpha value is -1.16. The Kier molecular flexibility index (Phi) is 3.16. The molecular formula is C11H16N2O2. The number of aromatic nitrogens is 2. The predicted octanol–water partition coefficient (Wildman–Crippen LogP) is 1.77. The van der Waals surface area contributed by atoms with E-state index in [-0.39, 0.29) is 6.10 Å². The van der Waals surface area contributed by atoms with E-state index in [1.165, 1.54) is 0 Å². The van der Waals surface area contributed by atoms with Crippen LogP contribution in [0.2, 0.25) is 0 Å². The highest BCUT2D eigenvalue weighted by molar-refractivity contribution is 5.09. The Bertz CT molecular complexity index is 322. The van der Waals surface area contributed by atoms with Gasteiger partial charge >= 0.3 is 6.01 Å². The number of rotatable bonds is 3. The minimum absolute atomic E-state index is 0.118. The summed E-state index contributed by atoms with van der Waals surface area (Å²) in [6, 6.07) is 2.39. The topological polar surface area (TPSA) is 44.2 Å². The molecule has 0 aliphatic carbocycles. The van der Waals surface area contributed by atoms with Gasteiger partial charge in [0, 0.05) is 12.6 Å². The second-order valence-corrected chi connectivity index (χ2v) is 4.02. The summed E-state index contributed by atoms with van der Waals surface area (Å²) in [6.45, 7) is 5.62. The minimum Gasteiger partial charge on any atom is -0.458 e. The van der Waals surface area contributed by atoms with Crippen LogP contribution >= 0.6 is 0 Å². The van der Waals surface area contributed by atoms with Crippen molar-refractivity contribution in [3.63, 3.8) is 0 Å². The Morgan fingerprint density at radius 3 is 3.07 bits per heavy atom. The van der Waals surface area contributed by atoms with Gasteiger partial charge in [-0.2, -0.15) is 4.98 Å². The van der Waals surface area contributed by atoms with Gasteiger partial charge in [0.2, 0.25) is 0 Å². The third kappa shape index (κ3) is 2.65. The van der Waals surface area contributed by atoms with E-state index in [4.69, 9.17) is 9.47 Å². The molecule has 4 nitrogen and oxygen atoms in total. The van der Waals surface area contributed by atoms with Gasteiger partial charge in [0.1, 0.15) is 6.10 Å². The van der Waals surface area contributed by atoms with Crippen LogP contribution in [0.1, 0.15) is 31.9 Å². The lowest BCUT2D eigenvalue weighted by molar-refractivity contribution is 0.134. The van der Waals surface area contributed by atoms with E-state index in [0.717, 1.165) is 18.7 Å². The Labute approximate surface area is 89.6 Å². The van der Waals surface area contributed by atoms with Crippen molar-refractivity contribution in [3.05, 3.63) is 18.0 Å². The van der Waals surface area contributed by atoms with E-state index in [0.29, 0.717) is 18.5 Å². The maximum Gasteiger partial charge on any atom is 0.316 e. The van der Waals surface area contributed by atoms with Gasteiger partial charge in [0.25, 0.3) is 0 Å². The maximum absolute atomic E-state index is 5.62. The molecule has 15 heavy (non-hydrogen) atoms. The van der Waals surface area contributed by atoms with Gasteiger partial charge < -0.3 is 9.47 Å². The first kappa shape index (κ1) is 10.4. The number of ether oxygens (including phenoxy) is 2. The lowest BCUT2D eigenvalue weighted by atomic mass is 10.1. The molecule has 82 valence electrons. The summed E-state index contributed by atoms with van der Waals surface area (Å²) in [5, 5.41) is 0. The number of hydrogen-bond acceptors (Lipinski definition) is 4. The van der Waals surface area contributed by atoms with Crippen molar-refractivity contribution in [3.8, 4) is 6.01 Å². The van der Waals surface area contributed by atoms with Gasteiger partial charge in [0.15, 0.2) is 0 Å². The molecule has 1 fully saturated rings. The first-order chi connectivity index (χ1) is 7.25. The molecule has 1 aliphatic rings. The van der Waals surface area contributed by atoms with Crippen LogP contribution in [0.5, 0.6) is 6.01 Å². The van der Waals surface area contributed by atoms with Crippen molar-refractivity contribution < 1.29 is 9.47 Å². The molecule has 2 heterocycles. The van der Waals surface area contributed by atoms with Crippen LogP contribution in [0.3, 0.4) is 0 Å². The average molecular weight is 208 g/mol. The van der Waals surface area contributed by atoms with Crippen LogP contribution in [-0.4, -0.2) is 29.3 Å². The van der Waals surface area contributed by atoms with Crippen molar-refractivity contribution in [2.24, 2.45) is 0 Å². The highest BCUT2D eigenvalue weighted by Gasteiger charge is 2.18. The zero-order chi connectivity index (χ0) is 10.7. The SMILES string of the molecule is CC(C)c1ccnc(OC2CCOC2)n1. The zero-order valence-electron chi connectivity index (χ0n) is 9.14. The lowest BCUT2D eigenvalue weighted by Crippen LogP contribution is -2.17. The van der Waals surface area contributed by atoms with E-state index < -0.39 is 0 Å². The Balaban J connectivity index is 2.04. The van der Waals surface area contributed by atoms with Crippen LogP contribution in [0.4, 0.5) is 0 Å². The smallest absolute Gasteiger partial charge is 0.316 e.